The average molecular weight is 435 g/mol. The lowest BCUT2D eigenvalue weighted by Gasteiger charge is -2.30. The van der Waals surface area contributed by atoms with Crippen molar-refractivity contribution in [3.05, 3.63) is 34.6 Å². The van der Waals surface area contributed by atoms with Gasteiger partial charge < -0.3 is 9.84 Å². The van der Waals surface area contributed by atoms with Gasteiger partial charge >= 0.3 is 0 Å². The van der Waals surface area contributed by atoms with Crippen LogP contribution >= 0.6 is 15.9 Å². The van der Waals surface area contributed by atoms with E-state index in [4.69, 9.17) is 4.52 Å². The first-order valence-electron chi connectivity index (χ1n) is 9.74. The van der Waals surface area contributed by atoms with Gasteiger partial charge in [0.2, 0.25) is 17.6 Å². The number of aromatic nitrogens is 2. The normalized spacial score (nSPS) is 15.8. The summed E-state index contributed by atoms with van der Waals surface area (Å²) < 4.78 is 6.43. The minimum Gasteiger partial charge on any atom is -0.356 e. The molecule has 3 rings (SSSR count). The Morgan fingerprint density at radius 3 is 2.70 bits per heavy atom. The van der Waals surface area contributed by atoms with Crippen LogP contribution in [0.15, 0.2) is 33.3 Å². The van der Waals surface area contributed by atoms with E-state index < -0.39 is 0 Å². The third kappa shape index (κ3) is 5.87. The van der Waals surface area contributed by atoms with Crippen LogP contribution in [-0.2, 0) is 11.3 Å². The second kappa shape index (κ2) is 9.99. The molecular weight excluding hydrogens is 408 g/mol. The summed E-state index contributed by atoms with van der Waals surface area (Å²) in [6.07, 6.45) is 5.18. The van der Waals surface area contributed by atoms with E-state index in [1.807, 2.05) is 24.3 Å². The van der Waals surface area contributed by atoms with Crippen LogP contribution in [0.4, 0.5) is 0 Å². The van der Waals surface area contributed by atoms with Crippen molar-refractivity contribution >= 4 is 21.8 Å². The fourth-order valence-corrected chi connectivity index (χ4v) is 3.58. The smallest absolute Gasteiger partial charge is 0.241 e. The van der Waals surface area contributed by atoms with E-state index in [-0.39, 0.29) is 11.8 Å². The Kier molecular flexibility index (Phi) is 7.41. The number of nitrogens with one attached hydrogen (secondary N) is 1. The maximum Gasteiger partial charge on any atom is 0.241 e. The van der Waals surface area contributed by atoms with E-state index in [1.54, 1.807) is 0 Å². The molecule has 1 N–H and O–H groups in total. The molecule has 2 aromatic rings. The highest BCUT2D eigenvalue weighted by Crippen LogP contribution is 2.21. The van der Waals surface area contributed by atoms with Crippen LogP contribution in [0.1, 0.15) is 44.9 Å². The highest BCUT2D eigenvalue weighted by Gasteiger charge is 2.25. The summed E-state index contributed by atoms with van der Waals surface area (Å²) in [6.45, 7) is 5.36. The number of amides is 1. The number of rotatable bonds is 8. The molecule has 0 saturated carbocycles. The molecule has 1 amide bonds. The number of carbonyl (C=O) groups is 1. The molecule has 0 atom stereocenters. The van der Waals surface area contributed by atoms with E-state index in [1.165, 1.54) is 12.8 Å². The van der Waals surface area contributed by atoms with Gasteiger partial charge in [-0.15, -0.1) is 0 Å². The molecule has 1 aromatic heterocycles. The molecule has 2 heterocycles. The maximum atomic E-state index is 12.2. The highest BCUT2D eigenvalue weighted by atomic mass is 79.9. The van der Waals surface area contributed by atoms with Gasteiger partial charge in [-0.05, 0) is 56.6 Å². The van der Waals surface area contributed by atoms with Gasteiger partial charge in [-0.3, -0.25) is 9.69 Å². The van der Waals surface area contributed by atoms with Crippen LogP contribution in [0, 0.1) is 5.92 Å². The number of unbranched alkanes of at least 4 members (excludes halogenated alkanes) is 2. The molecular formula is C20H27BrN4O2. The van der Waals surface area contributed by atoms with Crippen LogP contribution in [0.2, 0.25) is 0 Å². The molecule has 0 spiro atoms. The second-order valence-corrected chi connectivity index (χ2v) is 7.98. The summed E-state index contributed by atoms with van der Waals surface area (Å²) in [6, 6.07) is 7.85. The summed E-state index contributed by atoms with van der Waals surface area (Å²) in [7, 11) is 0. The maximum absolute atomic E-state index is 12.2. The largest absolute Gasteiger partial charge is 0.356 e. The van der Waals surface area contributed by atoms with Crippen molar-refractivity contribution in [3.8, 4) is 11.4 Å². The second-order valence-electron chi connectivity index (χ2n) is 7.07. The first kappa shape index (κ1) is 20.0. The van der Waals surface area contributed by atoms with E-state index in [0.717, 1.165) is 48.9 Å². The molecule has 0 radical (unpaired) electrons. The number of nitrogens with zero attached hydrogens (tertiary/aromatic N) is 3. The number of carbonyl (C=O) groups excluding carboxylic acids is 1. The van der Waals surface area contributed by atoms with Crippen LogP contribution in [0.25, 0.3) is 11.4 Å². The molecule has 27 heavy (non-hydrogen) atoms. The molecule has 6 nitrogen and oxygen atoms in total. The summed E-state index contributed by atoms with van der Waals surface area (Å²) in [4.78, 5) is 19.0. The Labute approximate surface area is 168 Å². The van der Waals surface area contributed by atoms with Gasteiger partial charge in [-0.1, -0.05) is 40.9 Å². The number of benzene rings is 1. The van der Waals surface area contributed by atoms with Crippen LogP contribution in [0.5, 0.6) is 0 Å². The van der Waals surface area contributed by atoms with Crippen molar-refractivity contribution in [2.75, 3.05) is 19.6 Å². The lowest BCUT2D eigenvalue weighted by atomic mass is 9.96. The Balaban J connectivity index is 1.44. The molecule has 0 bridgehead atoms. The molecule has 1 saturated heterocycles. The van der Waals surface area contributed by atoms with E-state index in [0.29, 0.717) is 18.3 Å². The van der Waals surface area contributed by atoms with Crippen LogP contribution in [-0.4, -0.2) is 40.6 Å². The van der Waals surface area contributed by atoms with Crippen molar-refractivity contribution < 1.29 is 9.32 Å². The topological polar surface area (TPSA) is 71.3 Å². The number of hydrogen-bond donors (Lipinski definition) is 1. The summed E-state index contributed by atoms with van der Waals surface area (Å²) in [5.74, 6) is 1.57. The van der Waals surface area contributed by atoms with Gasteiger partial charge in [0.15, 0.2) is 0 Å². The fraction of sp³-hybridized carbons (Fsp3) is 0.550. The van der Waals surface area contributed by atoms with E-state index in [2.05, 4.69) is 43.2 Å². The van der Waals surface area contributed by atoms with Crippen molar-refractivity contribution in [1.29, 1.82) is 0 Å². The minimum absolute atomic E-state index is 0.129. The Bertz CT molecular complexity index is 724. The predicted molar refractivity (Wildman–Crippen MR) is 108 cm³/mol. The highest BCUT2D eigenvalue weighted by molar-refractivity contribution is 9.10. The SMILES string of the molecule is CCCCCNC(=O)C1CCN(Cc2nc(-c3ccc(Br)cc3)no2)CC1. The number of hydrogen-bond acceptors (Lipinski definition) is 5. The number of piperidine rings is 1. The Morgan fingerprint density at radius 2 is 2.00 bits per heavy atom. The zero-order valence-electron chi connectivity index (χ0n) is 15.8. The van der Waals surface area contributed by atoms with Gasteiger partial charge in [0, 0.05) is 22.5 Å². The molecule has 146 valence electrons. The van der Waals surface area contributed by atoms with Gasteiger partial charge in [-0.2, -0.15) is 4.98 Å². The molecule has 7 heteroatoms. The van der Waals surface area contributed by atoms with Crippen LogP contribution < -0.4 is 5.32 Å². The van der Waals surface area contributed by atoms with Gasteiger partial charge in [0.05, 0.1) is 6.54 Å². The first-order chi connectivity index (χ1) is 13.2. The average Bonchev–Trinajstić information content (AvgIpc) is 3.15. The lowest BCUT2D eigenvalue weighted by Crippen LogP contribution is -2.40. The molecule has 1 aromatic carbocycles. The van der Waals surface area contributed by atoms with Crippen molar-refractivity contribution in [1.82, 2.24) is 20.4 Å². The summed E-state index contributed by atoms with van der Waals surface area (Å²) >= 11 is 3.43. The van der Waals surface area contributed by atoms with E-state index >= 15 is 0 Å². The summed E-state index contributed by atoms with van der Waals surface area (Å²) in [5.41, 5.74) is 0.937. The monoisotopic (exact) mass is 434 g/mol. The molecule has 0 unspecified atom stereocenters. The number of halogens is 1. The quantitative estimate of drug-likeness (QED) is 0.635. The lowest BCUT2D eigenvalue weighted by molar-refractivity contribution is -0.126. The predicted octanol–water partition coefficient (Wildman–Crippen LogP) is 4.02. The fourth-order valence-electron chi connectivity index (χ4n) is 3.31. The Hall–Kier alpha value is -1.73. The van der Waals surface area contributed by atoms with Gasteiger partial charge in [0.1, 0.15) is 0 Å². The Morgan fingerprint density at radius 1 is 1.26 bits per heavy atom. The third-order valence-corrected chi connectivity index (χ3v) is 5.50. The van der Waals surface area contributed by atoms with Crippen LogP contribution in [0.3, 0.4) is 0 Å². The molecule has 1 aliphatic rings. The molecule has 0 aliphatic carbocycles. The summed E-state index contributed by atoms with van der Waals surface area (Å²) in [5, 5.41) is 7.16. The number of likely N-dealkylation sites (tertiary alicyclic amines) is 1. The van der Waals surface area contributed by atoms with Crippen molar-refractivity contribution in [2.24, 2.45) is 5.92 Å². The zero-order chi connectivity index (χ0) is 19.1. The molecule has 1 fully saturated rings. The standard InChI is InChI=1S/C20H27BrN4O2/c1-2-3-4-11-22-20(26)16-9-12-25(13-10-16)14-18-23-19(24-27-18)15-5-7-17(21)8-6-15/h5-8,16H,2-4,9-14H2,1H3,(H,22,26). The van der Waals surface area contributed by atoms with Crippen molar-refractivity contribution in [2.45, 2.75) is 45.6 Å². The first-order valence-corrected chi connectivity index (χ1v) is 10.5. The third-order valence-electron chi connectivity index (χ3n) is 4.97. The van der Waals surface area contributed by atoms with Crippen molar-refractivity contribution in [3.63, 3.8) is 0 Å². The van der Waals surface area contributed by atoms with Gasteiger partial charge in [-0.25, -0.2) is 0 Å². The molecule has 1 aliphatic heterocycles. The van der Waals surface area contributed by atoms with Gasteiger partial charge in [0.25, 0.3) is 0 Å². The zero-order valence-corrected chi connectivity index (χ0v) is 17.4. The minimum atomic E-state index is 0.129. The van der Waals surface area contributed by atoms with E-state index in [9.17, 15) is 4.79 Å².